The summed E-state index contributed by atoms with van der Waals surface area (Å²) in [4.78, 5) is 145. The second-order valence-electron chi connectivity index (χ2n) is 21.6. The topological polar surface area (TPSA) is 320 Å². The van der Waals surface area contributed by atoms with Gasteiger partial charge in [-0.05, 0) is 106 Å². The molecule has 7 aromatic rings. The minimum atomic E-state index is -1.51. The van der Waals surface area contributed by atoms with Gasteiger partial charge in [-0.1, -0.05) is 156 Å². The summed E-state index contributed by atoms with van der Waals surface area (Å²) >= 11 is 23.8. The van der Waals surface area contributed by atoms with Crippen molar-refractivity contribution in [3.05, 3.63) is 232 Å². The van der Waals surface area contributed by atoms with E-state index in [4.69, 9.17) is 65.4 Å². The van der Waals surface area contributed by atoms with Crippen LogP contribution in [0.1, 0.15) is 115 Å². The number of aromatic nitrogens is 2. The predicted molar refractivity (Wildman–Crippen MR) is 379 cm³/mol. The molecule has 5 aromatic carbocycles. The number of anilines is 2. The van der Waals surface area contributed by atoms with E-state index in [1.165, 1.54) is 85.2 Å². The summed E-state index contributed by atoms with van der Waals surface area (Å²) in [6.07, 6.45) is 0.861. The zero-order valence-electron chi connectivity index (χ0n) is 56.3. The van der Waals surface area contributed by atoms with Crippen molar-refractivity contribution in [1.29, 1.82) is 0 Å². The number of amides is 2. The number of ether oxygens (including phenoxy) is 4. The fourth-order valence-electron chi connectivity index (χ4n) is 8.84. The smallest absolute Gasteiger partial charge is 0.341 e. The van der Waals surface area contributed by atoms with Crippen molar-refractivity contribution >= 4 is 117 Å². The van der Waals surface area contributed by atoms with E-state index in [-0.39, 0.29) is 61.0 Å². The number of carbonyl (C=O) groups excluding carboxylic acids is 9. The molecule has 2 amide bonds. The molecule has 528 valence electrons. The van der Waals surface area contributed by atoms with Crippen molar-refractivity contribution in [3.8, 4) is 0 Å². The van der Waals surface area contributed by atoms with Crippen LogP contribution >= 0.6 is 46.4 Å². The number of hydrogen-bond acceptors (Lipinski definition) is 18. The van der Waals surface area contributed by atoms with E-state index in [1.807, 2.05) is 66.7 Å². The van der Waals surface area contributed by atoms with E-state index in [2.05, 4.69) is 52.5 Å². The summed E-state index contributed by atoms with van der Waals surface area (Å²) in [5.74, 6) is -7.08. The number of hydrogen-bond donors (Lipinski definition) is 5. The summed E-state index contributed by atoms with van der Waals surface area (Å²) in [6.45, 7) is 11.8. The molecule has 0 aliphatic rings. The Morgan fingerprint density at radius 1 is 0.475 bits per heavy atom. The highest BCUT2D eigenvalue weighted by Crippen LogP contribution is 2.26. The first kappa shape index (κ1) is 83.3. The van der Waals surface area contributed by atoms with Crippen LogP contribution in [-0.2, 0) is 76.8 Å². The highest BCUT2D eigenvalue weighted by molar-refractivity contribution is 6.40. The van der Waals surface area contributed by atoms with E-state index >= 15 is 0 Å². The highest BCUT2D eigenvalue weighted by atomic mass is 35.5. The Hall–Kier alpha value is -9.94. The Kier molecular flexibility index (Phi) is 36.5. The van der Waals surface area contributed by atoms with E-state index in [0.717, 1.165) is 18.4 Å². The molecule has 4 atom stereocenters. The maximum atomic E-state index is 12.9. The molecule has 0 spiro atoms. The molecule has 7 rings (SSSR count). The van der Waals surface area contributed by atoms with Gasteiger partial charge in [-0.15, -0.1) is 0 Å². The van der Waals surface area contributed by atoms with Crippen molar-refractivity contribution in [3.63, 3.8) is 0 Å². The third kappa shape index (κ3) is 28.6. The number of rotatable bonds is 26. The second kappa shape index (κ2) is 43.4. The average molecular weight is 1440 g/mol. The standard InChI is InChI=1S/C23H25Cl2N3O6.C22H23Cl2N3O7.C10H12O2.C9H10O2.C8H10/c1-12-8-9-17(26-4)22(32)28(12)14(3)21(31)27-18(10-13(2)29)19(30)11-34-23(33)20-15(24)6-5-7-16(20)25;1-11-7-8-15(25-3)21(32)27(11)12(2)20(31)26-16(9-18(29)30)17(28)10-34-22(33)19-13(23)5-4-6-14(19)24;1-9(11)12-8-7-10-5-3-2-4-6-10;1-8(10)11-7-9-5-3-2-4-6-9;1-2-8-6-4-3-5-7-8/h5-9,14,18,26H,10-11H2,1-4H3,(H,27,31);4-8,12,16,25H,9-10H2,1-3H3,(H,26,31)(H,29,30);2-6H,7-8H2,1H3;2-6H,7H2,1H3;3-7H,2H2,1H3/t14?,18-;12?,16-;;;/m00.../s1. The van der Waals surface area contributed by atoms with Gasteiger partial charge < -0.3 is 45.3 Å². The maximum absolute atomic E-state index is 12.9. The van der Waals surface area contributed by atoms with Gasteiger partial charge in [0.1, 0.15) is 41.9 Å². The number of Topliss-reactive ketones (excluding diaryl/α,β-unsaturated/α-hetero) is 3. The van der Waals surface area contributed by atoms with Crippen molar-refractivity contribution in [2.24, 2.45) is 0 Å². The Labute approximate surface area is 593 Å². The molecular weight excluding hydrogens is 1360 g/mol. The van der Waals surface area contributed by atoms with Gasteiger partial charge in [0.15, 0.2) is 24.8 Å². The van der Waals surface area contributed by atoms with Crippen molar-refractivity contribution in [2.75, 3.05) is 44.5 Å². The number of carboxylic acid groups (broad SMARTS) is 1. The Bertz CT molecular complexity index is 3800. The number of halogens is 4. The molecule has 0 saturated heterocycles. The lowest BCUT2D eigenvalue weighted by molar-refractivity contribution is -0.142. The van der Waals surface area contributed by atoms with Crippen LogP contribution < -0.4 is 32.4 Å². The molecule has 2 heterocycles. The van der Waals surface area contributed by atoms with Crippen LogP contribution in [0.15, 0.2) is 161 Å². The molecule has 0 radical (unpaired) electrons. The summed E-state index contributed by atoms with van der Waals surface area (Å²) in [5.41, 5.74) is 4.07. The van der Waals surface area contributed by atoms with Gasteiger partial charge in [-0.3, -0.25) is 57.1 Å². The Morgan fingerprint density at radius 3 is 1.17 bits per heavy atom. The van der Waals surface area contributed by atoms with Crippen LogP contribution in [-0.4, -0.2) is 119 Å². The first-order chi connectivity index (χ1) is 46.9. The van der Waals surface area contributed by atoms with Gasteiger partial charge in [0.25, 0.3) is 11.1 Å². The van der Waals surface area contributed by atoms with Crippen LogP contribution in [0.25, 0.3) is 0 Å². The Balaban J connectivity index is 0.000000361. The molecule has 27 heteroatoms. The van der Waals surface area contributed by atoms with Gasteiger partial charge in [-0.25, -0.2) is 9.59 Å². The number of benzene rings is 5. The van der Waals surface area contributed by atoms with Gasteiger partial charge in [0.2, 0.25) is 11.8 Å². The molecular formula is C72H80Cl4N6O17. The van der Waals surface area contributed by atoms with Gasteiger partial charge >= 0.3 is 29.8 Å². The Morgan fingerprint density at radius 2 is 0.838 bits per heavy atom. The minimum Gasteiger partial charge on any atom is -0.481 e. The number of aliphatic carboxylic acids is 1. The first-order valence-corrected chi connectivity index (χ1v) is 32.2. The van der Waals surface area contributed by atoms with E-state index in [0.29, 0.717) is 30.3 Å². The zero-order valence-corrected chi connectivity index (χ0v) is 59.3. The number of carboxylic acids is 1. The van der Waals surface area contributed by atoms with E-state index in [9.17, 15) is 62.6 Å². The molecule has 0 saturated carbocycles. The predicted octanol–water partition coefficient (Wildman–Crippen LogP) is 11.2. The fourth-order valence-corrected chi connectivity index (χ4v) is 9.94. The van der Waals surface area contributed by atoms with Crippen molar-refractivity contribution in [1.82, 2.24) is 19.8 Å². The van der Waals surface area contributed by atoms with Gasteiger partial charge in [-0.2, -0.15) is 0 Å². The second-order valence-corrected chi connectivity index (χ2v) is 23.2. The largest absolute Gasteiger partial charge is 0.481 e. The van der Waals surface area contributed by atoms with Crippen molar-refractivity contribution < 1.29 is 72.0 Å². The van der Waals surface area contributed by atoms with Crippen LogP contribution in [0, 0.1) is 13.8 Å². The highest BCUT2D eigenvalue weighted by Gasteiger charge is 2.31. The number of esters is 4. The molecule has 0 bridgehead atoms. The van der Waals surface area contributed by atoms with Crippen LogP contribution in [0.3, 0.4) is 0 Å². The summed E-state index contributed by atoms with van der Waals surface area (Å²) in [6, 6.07) is 40.4. The maximum Gasteiger partial charge on any atom is 0.341 e. The summed E-state index contributed by atoms with van der Waals surface area (Å²) in [5, 5.41) is 19.6. The number of pyridine rings is 2. The molecule has 0 fully saturated rings. The number of nitrogens with one attached hydrogen (secondary N) is 4. The molecule has 2 aromatic heterocycles. The summed E-state index contributed by atoms with van der Waals surface area (Å²) < 4.78 is 22.1. The lowest BCUT2D eigenvalue weighted by atomic mass is 10.1. The molecule has 0 aliphatic carbocycles. The quantitative estimate of drug-likeness (QED) is 0.0248. The van der Waals surface area contributed by atoms with Crippen molar-refractivity contribution in [2.45, 2.75) is 112 Å². The van der Waals surface area contributed by atoms with Crippen LogP contribution in [0.5, 0.6) is 0 Å². The average Bonchev–Trinajstić information content (AvgIpc) is 0.820. The number of aryl methyl sites for hydroxylation is 3. The molecule has 0 aliphatic heterocycles. The van der Waals surface area contributed by atoms with Gasteiger partial charge in [0, 0.05) is 52.2 Å². The lowest BCUT2D eigenvalue weighted by Gasteiger charge is -2.22. The number of carbonyl (C=O) groups is 10. The normalized spacial score (nSPS) is 11.4. The third-order valence-corrected chi connectivity index (χ3v) is 15.4. The fraction of sp³-hybridized carbons (Fsp3) is 0.306. The monoisotopic (exact) mass is 1440 g/mol. The third-order valence-electron chi connectivity index (χ3n) is 14.1. The zero-order chi connectivity index (χ0) is 73.9. The van der Waals surface area contributed by atoms with Gasteiger partial charge in [0.05, 0.1) is 50.3 Å². The number of nitrogens with zero attached hydrogens (tertiary/aromatic N) is 2. The SMILES string of the molecule is CC(=O)OCCc1ccccc1.CC(=O)OCc1ccccc1.CCc1ccccc1.CNc1ccc(C)n(C(C)C(=O)N[C@@H](CC(=O)O)C(=O)COC(=O)c2c(Cl)cccc2Cl)c1=O.CNc1ccc(C)n(C(C)C(=O)N[C@@H](CC(C)=O)C(=O)COC(=O)c2c(Cl)cccc2Cl)c1=O. The van der Waals surface area contributed by atoms with Crippen LogP contribution in [0.2, 0.25) is 20.1 Å². The molecule has 23 nitrogen and oxygen atoms in total. The number of ketones is 3. The molecule has 5 N–H and O–H groups in total. The lowest BCUT2D eigenvalue weighted by Crippen LogP contribution is -2.47. The first-order valence-electron chi connectivity index (χ1n) is 30.7. The minimum absolute atomic E-state index is 0.0128. The van der Waals surface area contributed by atoms with Crippen LogP contribution in [0.4, 0.5) is 11.4 Å². The molecule has 2 unspecified atom stereocenters. The summed E-state index contributed by atoms with van der Waals surface area (Å²) in [7, 11) is 3.14. The molecule has 99 heavy (non-hydrogen) atoms. The van der Waals surface area contributed by atoms with E-state index in [1.54, 1.807) is 58.3 Å². The van der Waals surface area contributed by atoms with E-state index < -0.39 is 96.2 Å².